The summed E-state index contributed by atoms with van der Waals surface area (Å²) < 4.78 is 0. The third-order valence-electron chi connectivity index (χ3n) is 6.70. The van der Waals surface area contributed by atoms with Crippen LogP contribution in [0.1, 0.15) is 89.9 Å². The van der Waals surface area contributed by atoms with Gasteiger partial charge in [0.1, 0.15) is 0 Å². The Balaban J connectivity index is 0.000000586. The van der Waals surface area contributed by atoms with Crippen LogP contribution in [0.5, 0.6) is 0 Å². The molecule has 3 heteroatoms. The molecule has 0 spiro atoms. The molecule has 0 saturated heterocycles. The van der Waals surface area contributed by atoms with E-state index in [0.717, 1.165) is 11.8 Å². The normalized spacial score (nSPS) is 27.3. The number of hydrogen-bond donors (Lipinski definition) is 0. The first kappa shape index (κ1) is 24.0. The third-order valence-corrected chi connectivity index (χ3v) is 6.70. The van der Waals surface area contributed by atoms with Gasteiger partial charge in [0.15, 0.2) is 0 Å². The molecular weight excluding hydrogens is 426 g/mol. The van der Waals surface area contributed by atoms with Crippen LogP contribution in [0.2, 0.25) is 0 Å². The van der Waals surface area contributed by atoms with E-state index in [2.05, 4.69) is 0 Å². The van der Waals surface area contributed by atoms with Crippen molar-refractivity contribution in [2.75, 3.05) is 0 Å². The molecule has 1 unspecified atom stereocenters. The van der Waals surface area contributed by atoms with Crippen LogP contribution in [0, 0.1) is 26.7 Å². The van der Waals surface area contributed by atoms with Crippen molar-refractivity contribution in [3.05, 3.63) is 37.1 Å². The summed E-state index contributed by atoms with van der Waals surface area (Å²) in [6.07, 6.45) is 20.7. The van der Waals surface area contributed by atoms with Gasteiger partial charge in [-0.15, -0.1) is 0 Å². The Morgan fingerprint density at radius 3 is 1.40 bits per heavy atom. The second-order valence-electron chi connectivity index (χ2n) is 7.79. The predicted octanol–water partition coefficient (Wildman–Crippen LogP) is 8.60. The van der Waals surface area contributed by atoms with E-state index in [1.165, 1.54) is 89.9 Å². The number of rotatable bonds is 3. The molecule has 0 bridgehead atoms. The number of allylic oxidation sites excluding steroid dienone is 4. The molecule has 0 saturated carbocycles. The first-order valence-electron chi connectivity index (χ1n) is 9.71. The van der Waals surface area contributed by atoms with Crippen molar-refractivity contribution in [2.24, 2.45) is 11.8 Å². The standard InChI is InChI=1S/C20H30.2CH3.2ClH.Zr/c1-3-7-19-15(5-1)9-11-17(19)13-14-18-12-10-16-6-2-4-8-20(16)18;;;;;/h17-18H,1-14H2;2*1H3;2*1H;/q;2*-1;;;+4/p-2/t17-,18?;;;;;/m0...../s1. The van der Waals surface area contributed by atoms with Crippen LogP contribution in [0.4, 0.5) is 0 Å². The molecule has 4 aliphatic carbocycles. The minimum absolute atomic E-state index is 0. The topological polar surface area (TPSA) is 0 Å². The van der Waals surface area contributed by atoms with E-state index < -0.39 is 20.8 Å². The summed E-state index contributed by atoms with van der Waals surface area (Å²) in [5.74, 6) is 2.00. The monoisotopic (exact) mass is 460 g/mol. The summed E-state index contributed by atoms with van der Waals surface area (Å²) >= 11 is -0.826. The summed E-state index contributed by atoms with van der Waals surface area (Å²) in [7, 11) is 9.87. The van der Waals surface area contributed by atoms with Crippen LogP contribution in [-0.4, -0.2) is 0 Å². The number of halogens is 2. The van der Waals surface area contributed by atoms with Gasteiger partial charge >= 0.3 is 37.9 Å². The molecular formula is C22H36Cl2Zr. The fourth-order valence-corrected chi connectivity index (χ4v) is 5.62. The second-order valence-corrected chi connectivity index (χ2v) is 11.5. The Labute approximate surface area is 175 Å². The van der Waals surface area contributed by atoms with Gasteiger partial charge in [-0.1, -0.05) is 22.3 Å². The fourth-order valence-electron chi connectivity index (χ4n) is 5.62. The Hall–Kier alpha value is 0.943. The zero-order valence-corrected chi connectivity index (χ0v) is 20.3. The van der Waals surface area contributed by atoms with Gasteiger partial charge < -0.3 is 14.9 Å². The van der Waals surface area contributed by atoms with Crippen LogP contribution in [0.3, 0.4) is 0 Å². The van der Waals surface area contributed by atoms with Gasteiger partial charge in [0.05, 0.1) is 0 Å². The number of hydrogen-bond acceptors (Lipinski definition) is 0. The molecule has 4 rings (SSSR count). The average Bonchev–Trinajstić information content (AvgIpc) is 3.18. The summed E-state index contributed by atoms with van der Waals surface area (Å²) in [5.41, 5.74) is 7.66. The molecule has 25 heavy (non-hydrogen) atoms. The molecule has 2 atom stereocenters. The Kier molecular flexibility index (Phi) is 11.9. The van der Waals surface area contributed by atoms with Crippen LogP contribution >= 0.6 is 17.0 Å². The van der Waals surface area contributed by atoms with E-state index in [9.17, 15) is 0 Å². The SMILES string of the molecule is C1CCC2=C(C1)CCC2CC[C@@H]1CCC2=C1CCCC2.[CH3-].[CH3-].[Cl][Zr+2][Cl]. The van der Waals surface area contributed by atoms with Crippen molar-refractivity contribution >= 4 is 17.0 Å². The van der Waals surface area contributed by atoms with Gasteiger partial charge in [-0.25, -0.2) is 0 Å². The van der Waals surface area contributed by atoms with Gasteiger partial charge in [0.25, 0.3) is 0 Å². The van der Waals surface area contributed by atoms with E-state index >= 15 is 0 Å². The van der Waals surface area contributed by atoms with Crippen LogP contribution < -0.4 is 0 Å². The van der Waals surface area contributed by atoms with E-state index in [-0.39, 0.29) is 14.9 Å². The summed E-state index contributed by atoms with van der Waals surface area (Å²) in [6, 6.07) is 0. The molecule has 0 aromatic rings. The van der Waals surface area contributed by atoms with Gasteiger partial charge in [-0.3, -0.25) is 0 Å². The summed E-state index contributed by atoms with van der Waals surface area (Å²) in [6.45, 7) is 0. The van der Waals surface area contributed by atoms with Gasteiger partial charge in [-0.2, -0.15) is 0 Å². The predicted molar refractivity (Wildman–Crippen MR) is 110 cm³/mol. The minimum atomic E-state index is -0.826. The van der Waals surface area contributed by atoms with Crippen molar-refractivity contribution in [2.45, 2.75) is 89.9 Å². The Bertz CT molecular complexity index is 425. The first-order valence-corrected chi connectivity index (χ1v) is 16.0. The van der Waals surface area contributed by atoms with Crippen molar-refractivity contribution in [1.29, 1.82) is 0 Å². The summed E-state index contributed by atoms with van der Waals surface area (Å²) in [5, 5.41) is 0. The fraction of sp³-hybridized carbons (Fsp3) is 0.727. The zero-order chi connectivity index (χ0) is 16.1. The molecule has 4 aliphatic rings. The van der Waals surface area contributed by atoms with Crippen molar-refractivity contribution in [3.8, 4) is 0 Å². The van der Waals surface area contributed by atoms with Crippen LogP contribution in [-0.2, 0) is 20.8 Å². The van der Waals surface area contributed by atoms with Crippen LogP contribution in [0.15, 0.2) is 22.3 Å². The summed E-state index contributed by atoms with van der Waals surface area (Å²) in [4.78, 5) is 0. The molecule has 142 valence electrons. The second kappa shape index (κ2) is 12.4. The maximum atomic E-state index is 4.93. The van der Waals surface area contributed by atoms with Crippen molar-refractivity contribution < 1.29 is 20.8 Å². The molecule has 0 amide bonds. The van der Waals surface area contributed by atoms with E-state index in [1.54, 1.807) is 0 Å². The molecule has 0 radical (unpaired) electrons. The molecule has 0 aliphatic heterocycles. The van der Waals surface area contributed by atoms with Gasteiger partial charge in [-0.05, 0) is 102 Å². The van der Waals surface area contributed by atoms with Crippen molar-refractivity contribution in [1.82, 2.24) is 0 Å². The third kappa shape index (κ3) is 6.22. The average molecular weight is 463 g/mol. The van der Waals surface area contributed by atoms with E-state index in [4.69, 9.17) is 17.0 Å². The van der Waals surface area contributed by atoms with E-state index in [0.29, 0.717) is 0 Å². The van der Waals surface area contributed by atoms with E-state index in [1.807, 2.05) is 22.3 Å². The maximum absolute atomic E-state index is 4.93. The Morgan fingerprint density at radius 1 is 0.640 bits per heavy atom. The molecule has 0 heterocycles. The molecule has 0 nitrogen and oxygen atoms in total. The molecule has 0 aromatic heterocycles. The van der Waals surface area contributed by atoms with Gasteiger partial charge in [0, 0.05) is 0 Å². The van der Waals surface area contributed by atoms with Crippen LogP contribution in [0.25, 0.3) is 0 Å². The van der Waals surface area contributed by atoms with Gasteiger partial charge in [0.2, 0.25) is 0 Å². The zero-order valence-electron chi connectivity index (χ0n) is 16.3. The molecule has 0 N–H and O–H groups in total. The molecule has 0 aromatic carbocycles. The molecule has 0 fully saturated rings. The quantitative estimate of drug-likeness (QED) is 0.291. The Morgan fingerprint density at radius 2 is 1.00 bits per heavy atom. The van der Waals surface area contributed by atoms with Crippen molar-refractivity contribution in [3.63, 3.8) is 0 Å². The first-order chi connectivity index (χ1) is 11.3.